The third-order valence-electron chi connectivity index (χ3n) is 1.64. The molecule has 0 aromatic carbocycles. The largest absolute Gasteiger partial charge is 0.383 e. The average Bonchev–Trinajstić information content (AvgIpc) is 2.72. The molecule has 0 unspecified atom stereocenters. The van der Waals surface area contributed by atoms with Gasteiger partial charge in [-0.1, -0.05) is 0 Å². The zero-order valence-corrected chi connectivity index (χ0v) is 9.28. The van der Waals surface area contributed by atoms with Gasteiger partial charge in [0, 0.05) is 11.4 Å². The highest BCUT2D eigenvalue weighted by Crippen LogP contribution is 2.18. The molecule has 0 spiro atoms. The van der Waals surface area contributed by atoms with Crippen molar-refractivity contribution in [3.63, 3.8) is 0 Å². The quantitative estimate of drug-likeness (QED) is 0.841. The van der Waals surface area contributed by atoms with Crippen LogP contribution in [0.25, 0.3) is 0 Å². The molecule has 74 valence electrons. The van der Waals surface area contributed by atoms with Crippen molar-refractivity contribution < 1.29 is 0 Å². The molecule has 2 aromatic heterocycles. The minimum absolute atomic E-state index is 0.562. The monoisotopic (exact) mass is 226 g/mol. The van der Waals surface area contributed by atoms with Gasteiger partial charge in [0.05, 0.1) is 17.2 Å². The van der Waals surface area contributed by atoms with E-state index in [4.69, 9.17) is 5.73 Å². The Hall–Kier alpha value is -1.14. The van der Waals surface area contributed by atoms with Gasteiger partial charge in [0.25, 0.3) is 0 Å². The summed E-state index contributed by atoms with van der Waals surface area (Å²) in [6, 6.07) is 1.82. The van der Waals surface area contributed by atoms with Crippen LogP contribution in [0.15, 0.2) is 11.4 Å². The van der Waals surface area contributed by atoms with Crippen LogP contribution in [0.3, 0.4) is 0 Å². The molecule has 0 aliphatic carbocycles. The van der Waals surface area contributed by atoms with E-state index in [1.54, 1.807) is 11.3 Å². The number of nitrogens with two attached hydrogens (primary N) is 1. The van der Waals surface area contributed by atoms with E-state index in [9.17, 15) is 0 Å². The van der Waals surface area contributed by atoms with Crippen LogP contribution in [-0.2, 0) is 6.54 Å². The molecule has 2 heterocycles. The molecular weight excluding hydrogens is 216 g/mol. The maximum Gasteiger partial charge on any atom is 0.139 e. The first kappa shape index (κ1) is 9.42. The number of aryl methyl sites for hydroxylation is 1. The van der Waals surface area contributed by atoms with Gasteiger partial charge in [0.2, 0.25) is 0 Å². The highest BCUT2D eigenvalue weighted by atomic mass is 32.1. The lowest BCUT2D eigenvalue weighted by Gasteiger charge is -1.97. The zero-order valence-electron chi connectivity index (χ0n) is 7.65. The minimum atomic E-state index is 0.562. The fraction of sp³-hybridized carbons (Fsp3) is 0.250. The smallest absolute Gasteiger partial charge is 0.139 e. The number of hydrogen-bond acceptors (Lipinski definition) is 6. The van der Waals surface area contributed by atoms with Gasteiger partial charge < -0.3 is 11.1 Å². The Labute approximate surface area is 90.0 Å². The summed E-state index contributed by atoms with van der Waals surface area (Å²) in [5.41, 5.74) is 6.55. The van der Waals surface area contributed by atoms with Gasteiger partial charge in [0.1, 0.15) is 10.8 Å². The summed E-state index contributed by atoms with van der Waals surface area (Å²) in [7, 11) is 0. The SMILES string of the molecule is Cc1nc(CNc2cc(N)ns2)cs1. The summed E-state index contributed by atoms with van der Waals surface area (Å²) < 4.78 is 3.97. The Kier molecular flexibility index (Phi) is 2.64. The highest BCUT2D eigenvalue weighted by molar-refractivity contribution is 7.10. The fourth-order valence-electron chi connectivity index (χ4n) is 1.04. The molecule has 4 nitrogen and oxygen atoms in total. The number of hydrogen-bond donors (Lipinski definition) is 2. The van der Waals surface area contributed by atoms with Crippen LogP contribution in [0.4, 0.5) is 10.8 Å². The second-order valence-corrected chi connectivity index (χ2v) is 4.69. The molecule has 0 fully saturated rings. The van der Waals surface area contributed by atoms with Gasteiger partial charge in [-0.15, -0.1) is 11.3 Å². The van der Waals surface area contributed by atoms with E-state index < -0.39 is 0 Å². The number of thiazole rings is 1. The lowest BCUT2D eigenvalue weighted by atomic mass is 10.5. The summed E-state index contributed by atoms with van der Waals surface area (Å²) >= 11 is 3.02. The summed E-state index contributed by atoms with van der Waals surface area (Å²) in [6.45, 7) is 2.73. The van der Waals surface area contributed by atoms with E-state index >= 15 is 0 Å². The Morgan fingerprint density at radius 2 is 2.43 bits per heavy atom. The molecule has 0 aliphatic heterocycles. The van der Waals surface area contributed by atoms with Crippen LogP contribution in [0.2, 0.25) is 0 Å². The predicted octanol–water partition coefficient (Wildman–Crippen LogP) is 2.10. The van der Waals surface area contributed by atoms with E-state index in [-0.39, 0.29) is 0 Å². The minimum Gasteiger partial charge on any atom is -0.383 e. The average molecular weight is 226 g/mol. The lowest BCUT2D eigenvalue weighted by Crippen LogP contribution is -1.97. The van der Waals surface area contributed by atoms with Crippen LogP contribution in [0, 0.1) is 6.92 Å². The molecule has 0 amide bonds. The first-order valence-corrected chi connectivity index (χ1v) is 5.76. The van der Waals surface area contributed by atoms with Gasteiger partial charge >= 0.3 is 0 Å². The van der Waals surface area contributed by atoms with Crippen LogP contribution >= 0.6 is 22.9 Å². The molecule has 0 saturated heterocycles. The number of aromatic nitrogens is 2. The van der Waals surface area contributed by atoms with E-state index in [1.807, 2.05) is 18.4 Å². The predicted molar refractivity (Wildman–Crippen MR) is 60.7 cm³/mol. The summed E-state index contributed by atoms with van der Waals surface area (Å²) in [5, 5.41) is 7.33. The van der Waals surface area contributed by atoms with E-state index in [0.717, 1.165) is 22.2 Å². The van der Waals surface area contributed by atoms with Gasteiger partial charge in [-0.2, -0.15) is 4.37 Å². The van der Waals surface area contributed by atoms with Crippen molar-refractivity contribution in [2.24, 2.45) is 0 Å². The fourth-order valence-corrected chi connectivity index (χ4v) is 2.22. The van der Waals surface area contributed by atoms with E-state index in [2.05, 4.69) is 14.7 Å². The van der Waals surface area contributed by atoms with Crippen molar-refractivity contribution in [1.29, 1.82) is 0 Å². The Morgan fingerprint density at radius 3 is 3.00 bits per heavy atom. The maximum atomic E-state index is 5.50. The molecule has 2 aromatic rings. The van der Waals surface area contributed by atoms with Crippen molar-refractivity contribution in [3.05, 3.63) is 22.1 Å². The van der Waals surface area contributed by atoms with E-state index in [1.165, 1.54) is 11.5 Å². The molecule has 0 radical (unpaired) electrons. The van der Waals surface area contributed by atoms with Crippen molar-refractivity contribution in [3.8, 4) is 0 Å². The van der Waals surface area contributed by atoms with Gasteiger partial charge in [-0.3, -0.25) is 0 Å². The molecule has 0 aliphatic rings. The third kappa shape index (κ3) is 2.21. The molecule has 2 rings (SSSR count). The standard InChI is InChI=1S/C8H10N4S2/c1-5-11-6(4-13-5)3-10-8-2-7(9)12-14-8/h2,4,10H,3H2,1H3,(H2,9,12). The summed E-state index contributed by atoms with van der Waals surface area (Å²) in [6.07, 6.45) is 0. The molecule has 0 bridgehead atoms. The lowest BCUT2D eigenvalue weighted by molar-refractivity contribution is 1.06. The van der Waals surface area contributed by atoms with Gasteiger partial charge in [-0.25, -0.2) is 4.98 Å². The number of nitrogen functional groups attached to an aromatic ring is 1. The second kappa shape index (κ2) is 3.93. The zero-order chi connectivity index (χ0) is 9.97. The molecule has 0 atom stereocenters. The number of rotatable bonds is 3. The molecule has 6 heteroatoms. The first-order chi connectivity index (χ1) is 6.74. The van der Waals surface area contributed by atoms with Crippen LogP contribution in [0.5, 0.6) is 0 Å². The topological polar surface area (TPSA) is 63.8 Å². The number of anilines is 2. The van der Waals surface area contributed by atoms with Crippen LogP contribution in [0.1, 0.15) is 10.7 Å². The highest BCUT2D eigenvalue weighted by Gasteiger charge is 2.00. The normalized spacial score (nSPS) is 10.4. The Morgan fingerprint density at radius 1 is 1.57 bits per heavy atom. The Bertz CT molecular complexity index is 380. The molecule has 0 saturated carbocycles. The Balaban J connectivity index is 1.94. The van der Waals surface area contributed by atoms with Crippen molar-refractivity contribution in [2.45, 2.75) is 13.5 Å². The number of nitrogens with zero attached hydrogens (tertiary/aromatic N) is 2. The van der Waals surface area contributed by atoms with Crippen molar-refractivity contribution in [1.82, 2.24) is 9.36 Å². The van der Waals surface area contributed by atoms with Crippen LogP contribution in [-0.4, -0.2) is 9.36 Å². The second-order valence-electron chi connectivity index (χ2n) is 2.83. The van der Waals surface area contributed by atoms with Crippen LogP contribution < -0.4 is 11.1 Å². The third-order valence-corrected chi connectivity index (χ3v) is 3.22. The van der Waals surface area contributed by atoms with Crippen molar-refractivity contribution in [2.75, 3.05) is 11.1 Å². The van der Waals surface area contributed by atoms with Crippen molar-refractivity contribution >= 4 is 33.7 Å². The molecule has 14 heavy (non-hydrogen) atoms. The van der Waals surface area contributed by atoms with Gasteiger partial charge in [-0.05, 0) is 18.5 Å². The van der Waals surface area contributed by atoms with E-state index in [0.29, 0.717) is 5.82 Å². The van der Waals surface area contributed by atoms with Gasteiger partial charge in [0.15, 0.2) is 0 Å². The molecular formula is C8H10N4S2. The summed E-state index contributed by atoms with van der Waals surface area (Å²) in [4.78, 5) is 4.34. The molecule has 3 N–H and O–H groups in total. The number of nitrogens with one attached hydrogen (secondary N) is 1. The summed E-state index contributed by atoms with van der Waals surface area (Å²) in [5.74, 6) is 0.562. The maximum absolute atomic E-state index is 5.50. The first-order valence-electron chi connectivity index (χ1n) is 4.11.